The SMILES string of the molecule is COc1ccc([C@@H](CNC(=O)c2ccc(OC)c(F)c2)N2CCOCC2)cc1. The van der Waals surface area contributed by atoms with E-state index in [0.29, 0.717) is 19.8 Å². The highest BCUT2D eigenvalue weighted by Crippen LogP contribution is 2.24. The first kappa shape index (κ1) is 20.1. The van der Waals surface area contributed by atoms with E-state index in [-0.39, 0.29) is 23.3 Å². The summed E-state index contributed by atoms with van der Waals surface area (Å²) in [6, 6.07) is 12.0. The number of amides is 1. The molecule has 0 aliphatic carbocycles. The van der Waals surface area contributed by atoms with Crippen LogP contribution in [0.4, 0.5) is 4.39 Å². The van der Waals surface area contributed by atoms with Crippen LogP contribution in [0, 0.1) is 5.82 Å². The number of morpholine rings is 1. The Bertz CT molecular complexity index is 791. The molecule has 0 aromatic heterocycles. The first-order chi connectivity index (χ1) is 13.6. The van der Waals surface area contributed by atoms with Crippen LogP contribution in [0.3, 0.4) is 0 Å². The Morgan fingerprint density at radius 3 is 2.46 bits per heavy atom. The molecule has 0 unspecified atom stereocenters. The zero-order valence-electron chi connectivity index (χ0n) is 16.1. The molecule has 0 radical (unpaired) electrons. The molecule has 1 aliphatic rings. The maximum atomic E-state index is 13.9. The van der Waals surface area contributed by atoms with Crippen LogP contribution in [0.1, 0.15) is 22.0 Å². The second-order valence-electron chi connectivity index (χ2n) is 6.50. The summed E-state index contributed by atoms with van der Waals surface area (Å²) >= 11 is 0. The van der Waals surface area contributed by atoms with Crippen molar-refractivity contribution in [2.45, 2.75) is 6.04 Å². The normalized spacial score (nSPS) is 15.7. The third-order valence-corrected chi connectivity index (χ3v) is 4.86. The summed E-state index contributed by atoms with van der Waals surface area (Å²) in [7, 11) is 3.02. The highest BCUT2D eigenvalue weighted by Gasteiger charge is 2.23. The molecule has 6 nitrogen and oxygen atoms in total. The lowest BCUT2D eigenvalue weighted by Gasteiger charge is -2.35. The Hall–Kier alpha value is -2.64. The van der Waals surface area contributed by atoms with Gasteiger partial charge in [0.15, 0.2) is 11.6 Å². The zero-order valence-corrected chi connectivity index (χ0v) is 16.1. The molecule has 1 N–H and O–H groups in total. The minimum atomic E-state index is -0.560. The van der Waals surface area contributed by atoms with Gasteiger partial charge >= 0.3 is 0 Å². The first-order valence-corrected chi connectivity index (χ1v) is 9.20. The van der Waals surface area contributed by atoms with Gasteiger partial charge in [0.1, 0.15) is 5.75 Å². The highest BCUT2D eigenvalue weighted by molar-refractivity contribution is 5.94. The molecule has 7 heteroatoms. The Labute approximate surface area is 164 Å². The van der Waals surface area contributed by atoms with Crippen molar-refractivity contribution >= 4 is 5.91 Å². The zero-order chi connectivity index (χ0) is 19.9. The highest BCUT2D eigenvalue weighted by atomic mass is 19.1. The van der Waals surface area contributed by atoms with Gasteiger partial charge in [0, 0.05) is 25.2 Å². The van der Waals surface area contributed by atoms with Gasteiger partial charge in [0.05, 0.1) is 33.5 Å². The maximum absolute atomic E-state index is 13.9. The fourth-order valence-corrected chi connectivity index (χ4v) is 3.27. The van der Waals surface area contributed by atoms with E-state index < -0.39 is 5.82 Å². The summed E-state index contributed by atoms with van der Waals surface area (Å²) in [5.74, 6) is 0.00607. The van der Waals surface area contributed by atoms with Gasteiger partial charge in [-0.05, 0) is 35.9 Å². The molecule has 1 saturated heterocycles. The van der Waals surface area contributed by atoms with Gasteiger partial charge in [-0.2, -0.15) is 0 Å². The van der Waals surface area contributed by atoms with E-state index in [1.54, 1.807) is 13.2 Å². The predicted molar refractivity (Wildman–Crippen MR) is 103 cm³/mol. The lowest BCUT2D eigenvalue weighted by molar-refractivity contribution is 0.0162. The van der Waals surface area contributed by atoms with Crippen LogP contribution >= 0.6 is 0 Å². The van der Waals surface area contributed by atoms with E-state index in [2.05, 4.69) is 10.2 Å². The van der Waals surface area contributed by atoms with Crippen LogP contribution in [-0.4, -0.2) is 57.9 Å². The summed E-state index contributed by atoms with van der Waals surface area (Å²) in [5.41, 5.74) is 1.33. The van der Waals surface area contributed by atoms with E-state index in [4.69, 9.17) is 14.2 Å². The summed E-state index contributed by atoms with van der Waals surface area (Å²) < 4.78 is 29.5. The standard InChI is InChI=1S/C21H25FN2O4/c1-26-17-6-3-15(4-7-17)19(24-9-11-28-12-10-24)14-23-21(25)16-5-8-20(27-2)18(22)13-16/h3-8,13,19H,9-12,14H2,1-2H3,(H,23,25)/t19-/m1/s1. The van der Waals surface area contributed by atoms with E-state index in [0.717, 1.165) is 24.4 Å². The summed E-state index contributed by atoms with van der Waals surface area (Å²) in [5, 5.41) is 2.93. The molecule has 1 heterocycles. The number of halogens is 1. The number of benzene rings is 2. The molecular weight excluding hydrogens is 363 g/mol. The second-order valence-corrected chi connectivity index (χ2v) is 6.50. The topological polar surface area (TPSA) is 60.0 Å². The van der Waals surface area contributed by atoms with Crippen molar-refractivity contribution in [3.05, 3.63) is 59.4 Å². The second kappa shape index (κ2) is 9.52. The van der Waals surface area contributed by atoms with Crippen LogP contribution in [0.25, 0.3) is 0 Å². The first-order valence-electron chi connectivity index (χ1n) is 9.20. The van der Waals surface area contributed by atoms with E-state index in [1.165, 1.54) is 19.2 Å². The molecule has 150 valence electrons. The summed E-state index contributed by atoms with van der Waals surface area (Å²) in [4.78, 5) is 14.8. The molecule has 2 aromatic rings. The van der Waals surface area contributed by atoms with Gasteiger partial charge in [-0.1, -0.05) is 12.1 Å². The van der Waals surface area contributed by atoms with Gasteiger partial charge in [-0.3, -0.25) is 9.69 Å². The molecule has 1 fully saturated rings. The van der Waals surface area contributed by atoms with Gasteiger partial charge in [0.25, 0.3) is 5.91 Å². The van der Waals surface area contributed by atoms with Gasteiger partial charge < -0.3 is 19.5 Å². The van der Waals surface area contributed by atoms with Crippen molar-refractivity contribution in [3.63, 3.8) is 0 Å². The van der Waals surface area contributed by atoms with E-state index >= 15 is 0 Å². The molecule has 1 aliphatic heterocycles. The number of carbonyl (C=O) groups is 1. The Balaban J connectivity index is 1.73. The molecule has 0 saturated carbocycles. The van der Waals surface area contributed by atoms with Crippen molar-refractivity contribution in [2.75, 3.05) is 47.1 Å². The number of hydrogen-bond donors (Lipinski definition) is 1. The minimum absolute atomic E-state index is 0.0122. The molecular formula is C21H25FN2O4. The fourth-order valence-electron chi connectivity index (χ4n) is 3.27. The van der Waals surface area contributed by atoms with E-state index in [1.807, 2.05) is 24.3 Å². The Morgan fingerprint density at radius 1 is 1.14 bits per heavy atom. The average molecular weight is 388 g/mol. The number of rotatable bonds is 7. The molecule has 3 rings (SSSR count). The number of hydrogen-bond acceptors (Lipinski definition) is 5. The predicted octanol–water partition coefficient (Wildman–Crippen LogP) is 2.65. The minimum Gasteiger partial charge on any atom is -0.497 e. The molecule has 1 atom stereocenters. The van der Waals surface area contributed by atoms with Crippen molar-refractivity contribution in [1.29, 1.82) is 0 Å². The number of methoxy groups -OCH3 is 2. The van der Waals surface area contributed by atoms with E-state index in [9.17, 15) is 9.18 Å². The largest absolute Gasteiger partial charge is 0.497 e. The maximum Gasteiger partial charge on any atom is 0.251 e. The number of nitrogens with one attached hydrogen (secondary N) is 1. The fraction of sp³-hybridized carbons (Fsp3) is 0.381. The number of nitrogens with zero attached hydrogens (tertiary/aromatic N) is 1. The summed E-state index contributed by atoms with van der Waals surface area (Å²) in [6.45, 7) is 3.28. The number of ether oxygens (including phenoxy) is 3. The number of carbonyl (C=O) groups excluding carboxylic acids is 1. The lowest BCUT2D eigenvalue weighted by Crippen LogP contribution is -2.43. The molecule has 28 heavy (non-hydrogen) atoms. The van der Waals surface area contributed by atoms with Gasteiger partial charge in [0.2, 0.25) is 0 Å². The smallest absolute Gasteiger partial charge is 0.251 e. The summed E-state index contributed by atoms with van der Waals surface area (Å²) in [6.07, 6.45) is 0. The third-order valence-electron chi connectivity index (χ3n) is 4.86. The molecule has 2 aromatic carbocycles. The third kappa shape index (κ3) is 4.79. The Morgan fingerprint density at radius 2 is 1.86 bits per heavy atom. The monoisotopic (exact) mass is 388 g/mol. The quantitative estimate of drug-likeness (QED) is 0.790. The van der Waals surface area contributed by atoms with Crippen LogP contribution in [-0.2, 0) is 4.74 Å². The molecule has 0 bridgehead atoms. The van der Waals surface area contributed by atoms with Crippen molar-refractivity contribution in [1.82, 2.24) is 10.2 Å². The molecule has 1 amide bonds. The van der Waals surface area contributed by atoms with Gasteiger partial charge in [-0.15, -0.1) is 0 Å². The Kier molecular flexibility index (Phi) is 6.84. The van der Waals surface area contributed by atoms with Crippen molar-refractivity contribution in [2.24, 2.45) is 0 Å². The van der Waals surface area contributed by atoms with Crippen molar-refractivity contribution in [3.8, 4) is 11.5 Å². The average Bonchev–Trinajstić information content (AvgIpc) is 2.75. The van der Waals surface area contributed by atoms with Crippen molar-refractivity contribution < 1.29 is 23.4 Å². The van der Waals surface area contributed by atoms with Crippen LogP contribution in [0.2, 0.25) is 0 Å². The van der Waals surface area contributed by atoms with Gasteiger partial charge in [-0.25, -0.2) is 4.39 Å². The lowest BCUT2D eigenvalue weighted by atomic mass is 10.0. The van der Waals surface area contributed by atoms with Crippen LogP contribution in [0.5, 0.6) is 11.5 Å². The van der Waals surface area contributed by atoms with Crippen LogP contribution < -0.4 is 14.8 Å². The van der Waals surface area contributed by atoms with Crippen LogP contribution in [0.15, 0.2) is 42.5 Å². The molecule has 0 spiro atoms.